The van der Waals surface area contributed by atoms with Crippen molar-refractivity contribution >= 4 is 39.1 Å². The molecule has 0 fully saturated rings. The molecule has 5 nitrogen and oxygen atoms in total. The van der Waals surface area contributed by atoms with Crippen LogP contribution < -0.4 is 10.6 Å². The lowest BCUT2D eigenvalue weighted by Gasteiger charge is -2.10. The lowest BCUT2D eigenvalue weighted by molar-refractivity contribution is 0.839. The Morgan fingerprint density at radius 1 is 1.26 bits per heavy atom. The number of hydrogen-bond acceptors (Lipinski definition) is 4. The van der Waals surface area contributed by atoms with E-state index in [2.05, 4.69) is 41.5 Å². The Kier molecular flexibility index (Phi) is 5.17. The molecule has 19 heavy (non-hydrogen) atoms. The second-order valence-electron chi connectivity index (χ2n) is 3.66. The van der Waals surface area contributed by atoms with Crippen molar-refractivity contribution in [2.75, 3.05) is 11.9 Å². The van der Waals surface area contributed by atoms with Gasteiger partial charge in [-0.15, -0.1) is 0 Å². The van der Waals surface area contributed by atoms with Crippen molar-refractivity contribution in [2.24, 2.45) is 0 Å². The van der Waals surface area contributed by atoms with Crippen LogP contribution in [0, 0.1) is 0 Å². The topological polar surface area (TPSA) is 62.7 Å². The average molecular weight is 338 g/mol. The first-order valence-electron chi connectivity index (χ1n) is 5.66. The van der Waals surface area contributed by atoms with Crippen LogP contribution in [0.25, 0.3) is 0 Å². The van der Waals surface area contributed by atoms with Crippen LogP contribution in [0.5, 0.6) is 0 Å². The highest BCUT2D eigenvalue weighted by molar-refractivity contribution is 9.10. The zero-order valence-electron chi connectivity index (χ0n) is 10.0. The molecule has 2 heterocycles. The summed E-state index contributed by atoms with van der Waals surface area (Å²) >= 11 is 8.59. The normalized spacial score (nSPS) is 9.95. The van der Waals surface area contributed by atoms with Gasteiger partial charge in [0, 0.05) is 37.8 Å². The van der Waals surface area contributed by atoms with Crippen LogP contribution in [0.4, 0.5) is 5.82 Å². The van der Waals surface area contributed by atoms with E-state index in [1.807, 2.05) is 12.1 Å². The van der Waals surface area contributed by atoms with Crippen LogP contribution in [0.2, 0.25) is 0 Å². The molecule has 0 saturated carbocycles. The molecule has 0 spiro atoms. The van der Waals surface area contributed by atoms with Gasteiger partial charge in [0.2, 0.25) is 0 Å². The Morgan fingerprint density at radius 3 is 2.89 bits per heavy atom. The fourth-order valence-corrected chi connectivity index (χ4v) is 1.95. The van der Waals surface area contributed by atoms with E-state index >= 15 is 0 Å². The summed E-state index contributed by atoms with van der Waals surface area (Å²) in [5.74, 6) is 0.694. The van der Waals surface area contributed by atoms with Gasteiger partial charge in [0.1, 0.15) is 5.82 Å². The number of hydrogen-bond donors (Lipinski definition) is 2. The molecule has 7 heteroatoms. The highest BCUT2D eigenvalue weighted by Crippen LogP contribution is 2.17. The van der Waals surface area contributed by atoms with Crippen LogP contribution in [0.3, 0.4) is 0 Å². The largest absolute Gasteiger partial charge is 0.362 e. The summed E-state index contributed by atoms with van der Waals surface area (Å²) in [6, 6.07) is 3.75. The third-order valence-electron chi connectivity index (χ3n) is 2.27. The maximum Gasteiger partial charge on any atom is 0.171 e. The molecule has 2 rings (SSSR count). The predicted octanol–water partition coefficient (Wildman–Crippen LogP) is 2.16. The average Bonchev–Trinajstić information content (AvgIpc) is 2.43. The van der Waals surface area contributed by atoms with Crippen molar-refractivity contribution in [2.45, 2.75) is 6.42 Å². The molecule has 0 amide bonds. The number of nitrogens with one attached hydrogen (secondary N) is 2. The number of halogens is 1. The quantitative estimate of drug-likeness (QED) is 0.833. The SMILES string of the molecule is S=C(NCCc1cnccn1)Nc1ncccc1Br. The van der Waals surface area contributed by atoms with Crippen molar-refractivity contribution in [3.05, 3.63) is 47.1 Å². The zero-order chi connectivity index (χ0) is 13.5. The second-order valence-corrected chi connectivity index (χ2v) is 4.92. The van der Waals surface area contributed by atoms with Crippen LogP contribution in [0.15, 0.2) is 41.4 Å². The molecule has 2 aromatic rings. The summed E-state index contributed by atoms with van der Waals surface area (Å²) in [6.45, 7) is 0.689. The fraction of sp³-hybridized carbons (Fsp3) is 0.167. The maximum absolute atomic E-state index is 5.19. The van der Waals surface area contributed by atoms with Gasteiger partial charge in [-0.05, 0) is 40.3 Å². The maximum atomic E-state index is 5.19. The summed E-state index contributed by atoms with van der Waals surface area (Å²) < 4.78 is 0.869. The van der Waals surface area contributed by atoms with Gasteiger partial charge in [-0.2, -0.15) is 0 Å². The fourth-order valence-electron chi connectivity index (χ4n) is 1.39. The lowest BCUT2D eigenvalue weighted by Crippen LogP contribution is -2.30. The van der Waals surface area contributed by atoms with Crippen LogP contribution in [-0.4, -0.2) is 26.6 Å². The van der Waals surface area contributed by atoms with Gasteiger partial charge >= 0.3 is 0 Å². The number of aromatic nitrogens is 3. The van der Waals surface area contributed by atoms with Crippen LogP contribution in [0.1, 0.15) is 5.69 Å². The van der Waals surface area contributed by atoms with Gasteiger partial charge < -0.3 is 10.6 Å². The van der Waals surface area contributed by atoms with E-state index in [-0.39, 0.29) is 0 Å². The smallest absolute Gasteiger partial charge is 0.171 e. The Bertz CT molecular complexity index is 549. The molecule has 0 bridgehead atoms. The third-order valence-corrected chi connectivity index (χ3v) is 3.16. The first-order chi connectivity index (χ1) is 9.25. The first kappa shape index (κ1) is 13.8. The van der Waals surface area contributed by atoms with E-state index in [1.165, 1.54) is 0 Å². The van der Waals surface area contributed by atoms with Crippen molar-refractivity contribution in [1.29, 1.82) is 0 Å². The molecule has 0 atom stereocenters. The minimum Gasteiger partial charge on any atom is -0.362 e. The zero-order valence-corrected chi connectivity index (χ0v) is 12.4. The van der Waals surface area contributed by atoms with Gasteiger partial charge in [0.15, 0.2) is 5.11 Å². The van der Waals surface area contributed by atoms with Crippen molar-refractivity contribution in [1.82, 2.24) is 20.3 Å². The van der Waals surface area contributed by atoms with E-state index in [0.29, 0.717) is 17.5 Å². The lowest BCUT2D eigenvalue weighted by atomic mass is 10.3. The summed E-state index contributed by atoms with van der Waals surface area (Å²) in [5, 5.41) is 6.65. The van der Waals surface area contributed by atoms with E-state index in [4.69, 9.17) is 12.2 Å². The van der Waals surface area contributed by atoms with Crippen molar-refractivity contribution < 1.29 is 0 Å². The number of rotatable bonds is 4. The Labute approximate surface area is 125 Å². The summed E-state index contributed by atoms with van der Waals surface area (Å²) in [6.07, 6.45) is 7.54. The molecule has 0 aliphatic heterocycles. The number of pyridine rings is 1. The van der Waals surface area contributed by atoms with Gasteiger partial charge in [0.05, 0.1) is 10.2 Å². The Hall–Kier alpha value is -1.60. The van der Waals surface area contributed by atoms with E-state index in [9.17, 15) is 0 Å². The molecule has 0 unspecified atom stereocenters. The Morgan fingerprint density at radius 2 is 2.16 bits per heavy atom. The summed E-state index contributed by atoms with van der Waals surface area (Å²) in [5.41, 5.74) is 0.928. The molecule has 0 radical (unpaired) electrons. The van der Waals surface area contributed by atoms with E-state index in [1.54, 1.807) is 24.8 Å². The Balaban J connectivity index is 1.78. The molecule has 0 saturated heterocycles. The highest BCUT2D eigenvalue weighted by atomic mass is 79.9. The molecular weight excluding hydrogens is 326 g/mol. The molecule has 0 aliphatic rings. The monoisotopic (exact) mass is 337 g/mol. The molecule has 98 valence electrons. The van der Waals surface area contributed by atoms with E-state index in [0.717, 1.165) is 16.6 Å². The predicted molar refractivity (Wildman–Crippen MR) is 81.9 cm³/mol. The van der Waals surface area contributed by atoms with Crippen molar-refractivity contribution in [3.8, 4) is 0 Å². The van der Waals surface area contributed by atoms with E-state index < -0.39 is 0 Å². The minimum absolute atomic E-state index is 0.531. The highest BCUT2D eigenvalue weighted by Gasteiger charge is 2.02. The number of anilines is 1. The molecule has 0 aromatic carbocycles. The van der Waals surface area contributed by atoms with Gasteiger partial charge in [-0.3, -0.25) is 9.97 Å². The molecule has 2 N–H and O–H groups in total. The number of thiocarbonyl (C=S) groups is 1. The minimum atomic E-state index is 0.531. The van der Waals surface area contributed by atoms with Gasteiger partial charge in [-0.1, -0.05) is 0 Å². The number of nitrogens with zero attached hydrogens (tertiary/aromatic N) is 3. The molecular formula is C12H12BrN5S. The third kappa shape index (κ3) is 4.53. The molecule has 2 aromatic heterocycles. The van der Waals surface area contributed by atoms with Crippen molar-refractivity contribution in [3.63, 3.8) is 0 Å². The summed E-state index contributed by atoms with van der Waals surface area (Å²) in [7, 11) is 0. The second kappa shape index (κ2) is 7.10. The van der Waals surface area contributed by atoms with Crippen LogP contribution >= 0.6 is 28.1 Å². The first-order valence-corrected chi connectivity index (χ1v) is 6.86. The standard InChI is InChI=1S/C12H12BrN5S/c13-10-2-1-4-16-11(10)18-12(19)17-5-3-9-8-14-6-7-15-9/h1-2,4,6-8H,3,5H2,(H2,16,17,18,19). The summed E-state index contributed by atoms with van der Waals surface area (Å²) in [4.78, 5) is 12.4. The van der Waals surface area contributed by atoms with Crippen LogP contribution in [-0.2, 0) is 6.42 Å². The van der Waals surface area contributed by atoms with Gasteiger partial charge in [-0.25, -0.2) is 4.98 Å². The van der Waals surface area contributed by atoms with Gasteiger partial charge in [0.25, 0.3) is 0 Å². The molecule has 0 aliphatic carbocycles.